The first-order chi connectivity index (χ1) is 11.0. The number of rotatable bonds is 7. The van der Waals surface area contributed by atoms with Crippen molar-refractivity contribution in [2.45, 2.75) is 26.3 Å². The molecule has 0 unspecified atom stereocenters. The highest BCUT2D eigenvalue weighted by Crippen LogP contribution is 2.38. The zero-order chi connectivity index (χ0) is 17.4. The Bertz CT molecular complexity index is 607. The average Bonchev–Trinajstić information content (AvgIpc) is 2.57. The molecular weight excluding hydrogens is 296 g/mol. The van der Waals surface area contributed by atoms with Crippen molar-refractivity contribution in [3.63, 3.8) is 0 Å². The van der Waals surface area contributed by atoms with Crippen LogP contribution in [0, 0.1) is 11.3 Å². The van der Waals surface area contributed by atoms with Crippen LogP contribution in [0.4, 0.5) is 0 Å². The van der Waals surface area contributed by atoms with Crippen molar-refractivity contribution in [1.29, 1.82) is 5.26 Å². The van der Waals surface area contributed by atoms with Gasteiger partial charge in [-0.3, -0.25) is 4.79 Å². The van der Waals surface area contributed by atoms with Crippen LogP contribution < -0.4 is 19.5 Å². The quantitative estimate of drug-likeness (QED) is 0.617. The minimum atomic E-state index is -0.407. The summed E-state index contributed by atoms with van der Waals surface area (Å²) < 4.78 is 15.8. The van der Waals surface area contributed by atoms with Gasteiger partial charge >= 0.3 is 0 Å². The number of nitrogens with zero attached hydrogens (tertiary/aromatic N) is 1. The van der Waals surface area contributed by atoms with Gasteiger partial charge in [-0.05, 0) is 37.1 Å². The monoisotopic (exact) mass is 318 g/mol. The van der Waals surface area contributed by atoms with Crippen molar-refractivity contribution in [2.24, 2.45) is 0 Å². The van der Waals surface area contributed by atoms with E-state index in [1.165, 1.54) is 27.4 Å². The summed E-state index contributed by atoms with van der Waals surface area (Å²) in [6.45, 7) is 3.84. The highest BCUT2D eigenvalue weighted by Gasteiger charge is 2.15. The van der Waals surface area contributed by atoms with Crippen molar-refractivity contribution in [1.82, 2.24) is 5.32 Å². The van der Waals surface area contributed by atoms with Crippen molar-refractivity contribution in [3.05, 3.63) is 23.3 Å². The molecule has 6 nitrogen and oxygen atoms in total. The van der Waals surface area contributed by atoms with Gasteiger partial charge in [-0.1, -0.05) is 6.92 Å². The summed E-state index contributed by atoms with van der Waals surface area (Å²) in [6.07, 6.45) is 2.27. The normalized spacial score (nSPS) is 12.1. The highest BCUT2D eigenvalue weighted by atomic mass is 16.5. The van der Waals surface area contributed by atoms with Gasteiger partial charge in [0.25, 0.3) is 5.91 Å². The molecule has 1 amide bonds. The van der Waals surface area contributed by atoms with Crippen LogP contribution in [0.2, 0.25) is 0 Å². The van der Waals surface area contributed by atoms with E-state index in [0.717, 1.165) is 6.42 Å². The molecule has 1 rings (SSSR count). The Kier molecular flexibility index (Phi) is 6.94. The summed E-state index contributed by atoms with van der Waals surface area (Å²) >= 11 is 0. The van der Waals surface area contributed by atoms with Crippen LogP contribution in [0.15, 0.2) is 17.7 Å². The standard InChI is InChI=1S/C17H22N2O4/c1-6-11(2)19-17(20)13(10-18)7-12-8-14(21-3)16(23-5)15(9-12)22-4/h7-9,11H,6H2,1-5H3,(H,19,20)/b13-7+/t11-/m1/s1. The number of carbonyl (C=O) groups excluding carboxylic acids is 1. The molecule has 0 spiro atoms. The smallest absolute Gasteiger partial charge is 0.262 e. The van der Waals surface area contributed by atoms with E-state index in [1.54, 1.807) is 12.1 Å². The van der Waals surface area contributed by atoms with Gasteiger partial charge in [0.05, 0.1) is 21.3 Å². The maximum atomic E-state index is 12.1. The molecule has 1 atom stereocenters. The lowest BCUT2D eigenvalue weighted by molar-refractivity contribution is -0.117. The summed E-state index contributed by atoms with van der Waals surface area (Å²) in [4.78, 5) is 12.1. The zero-order valence-electron chi connectivity index (χ0n) is 14.1. The van der Waals surface area contributed by atoms with E-state index in [-0.39, 0.29) is 11.6 Å². The summed E-state index contributed by atoms with van der Waals surface area (Å²) in [5.74, 6) is 0.959. The topological polar surface area (TPSA) is 80.6 Å². The minimum Gasteiger partial charge on any atom is -0.493 e. The molecule has 0 heterocycles. The van der Waals surface area contributed by atoms with Crippen LogP contribution in [-0.4, -0.2) is 33.3 Å². The van der Waals surface area contributed by atoms with Gasteiger partial charge in [0.2, 0.25) is 5.75 Å². The van der Waals surface area contributed by atoms with Gasteiger partial charge in [-0.25, -0.2) is 0 Å². The maximum absolute atomic E-state index is 12.1. The van der Waals surface area contributed by atoms with Crippen molar-refractivity contribution >= 4 is 12.0 Å². The Labute approximate surface area is 136 Å². The van der Waals surface area contributed by atoms with E-state index in [4.69, 9.17) is 14.2 Å². The second-order valence-electron chi connectivity index (χ2n) is 4.91. The van der Waals surface area contributed by atoms with Gasteiger partial charge in [0.15, 0.2) is 11.5 Å². The molecule has 0 aliphatic rings. The predicted octanol–water partition coefficient (Wildman–Crippen LogP) is 2.53. The molecule has 1 N–H and O–H groups in total. The third-order valence-corrected chi connectivity index (χ3v) is 3.35. The Morgan fingerprint density at radius 1 is 1.26 bits per heavy atom. The van der Waals surface area contributed by atoms with Gasteiger partial charge < -0.3 is 19.5 Å². The van der Waals surface area contributed by atoms with E-state index in [9.17, 15) is 10.1 Å². The largest absolute Gasteiger partial charge is 0.493 e. The number of amides is 1. The number of benzene rings is 1. The van der Waals surface area contributed by atoms with E-state index in [1.807, 2.05) is 19.9 Å². The fraction of sp³-hybridized carbons (Fsp3) is 0.412. The molecule has 0 fully saturated rings. The zero-order valence-corrected chi connectivity index (χ0v) is 14.1. The summed E-state index contributed by atoms with van der Waals surface area (Å²) in [5, 5.41) is 12.0. The van der Waals surface area contributed by atoms with E-state index in [2.05, 4.69) is 5.32 Å². The second-order valence-corrected chi connectivity index (χ2v) is 4.91. The van der Waals surface area contributed by atoms with Crippen LogP contribution in [0.25, 0.3) is 6.08 Å². The first-order valence-corrected chi connectivity index (χ1v) is 7.23. The van der Waals surface area contributed by atoms with Crippen LogP contribution in [-0.2, 0) is 4.79 Å². The minimum absolute atomic E-state index is 0.000750. The summed E-state index contributed by atoms with van der Waals surface area (Å²) in [6, 6.07) is 5.27. The number of carbonyl (C=O) groups is 1. The Morgan fingerprint density at radius 3 is 2.22 bits per heavy atom. The van der Waals surface area contributed by atoms with Crippen molar-refractivity contribution < 1.29 is 19.0 Å². The lowest BCUT2D eigenvalue weighted by atomic mass is 10.1. The van der Waals surface area contributed by atoms with Gasteiger partial charge in [-0.2, -0.15) is 5.26 Å². The van der Waals surface area contributed by atoms with Gasteiger partial charge in [0, 0.05) is 6.04 Å². The van der Waals surface area contributed by atoms with Crippen molar-refractivity contribution in [3.8, 4) is 23.3 Å². The fourth-order valence-corrected chi connectivity index (χ4v) is 1.90. The summed E-state index contributed by atoms with van der Waals surface area (Å²) in [5.41, 5.74) is 0.620. The van der Waals surface area contributed by atoms with Crippen LogP contribution in [0.3, 0.4) is 0 Å². The molecule has 0 aliphatic heterocycles. The molecule has 124 valence electrons. The van der Waals surface area contributed by atoms with Gasteiger partial charge in [0.1, 0.15) is 11.6 Å². The number of ether oxygens (including phenoxy) is 3. The van der Waals surface area contributed by atoms with E-state index >= 15 is 0 Å². The SMILES string of the molecule is CC[C@@H](C)NC(=O)/C(C#N)=C/c1cc(OC)c(OC)c(OC)c1. The van der Waals surface area contributed by atoms with Crippen LogP contribution in [0.5, 0.6) is 17.2 Å². The Balaban J connectivity index is 3.23. The molecule has 6 heteroatoms. The maximum Gasteiger partial charge on any atom is 0.262 e. The lowest BCUT2D eigenvalue weighted by Gasteiger charge is -2.13. The number of methoxy groups -OCH3 is 3. The van der Waals surface area contributed by atoms with Crippen molar-refractivity contribution in [2.75, 3.05) is 21.3 Å². The molecule has 0 saturated heterocycles. The number of nitriles is 1. The highest BCUT2D eigenvalue weighted by molar-refractivity contribution is 6.01. The first-order valence-electron chi connectivity index (χ1n) is 7.23. The number of hydrogen-bond acceptors (Lipinski definition) is 5. The second kappa shape index (κ2) is 8.69. The fourth-order valence-electron chi connectivity index (χ4n) is 1.90. The van der Waals surface area contributed by atoms with Gasteiger partial charge in [-0.15, -0.1) is 0 Å². The lowest BCUT2D eigenvalue weighted by Crippen LogP contribution is -2.32. The van der Waals surface area contributed by atoms with Crippen LogP contribution >= 0.6 is 0 Å². The molecule has 23 heavy (non-hydrogen) atoms. The first kappa shape index (κ1) is 18.4. The molecule has 0 aromatic heterocycles. The van der Waals surface area contributed by atoms with Crippen LogP contribution in [0.1, 0.15) is 25.8 Å². The molecule has 0 aliphatic carbocycles. The van der Waals surface area contributed by atoms with E-state index < -0.39 is 5.91 Å². The number of nitrogens with one attached hydrogen (secondary N) is 1. The van der Waals surface area contributed by atoms with E-state index in [0.29, 0.717) is 22.8 Å². The summed E-state index contributed by atoms with van der Waals surface area (Å²) in [7, 11) is 4.52. The molecular formula is C17H22N2O4. The number of hydrogen-bond donors (Lipinski definition) is 1. The predicted molar refractivity (Wildman–Crippen MR) is 87.6 cm³/mol. The molecule has 1 aromatic rings. The molecule has 1 aromatic carbocycles. The third kappa shape index (κ3) is 4.65. The molecule has 0 radical (unpaired) electrons. The molecule has 0 bridgehead atoms. The molecule has 0 saturated carbocycles. The third-order valence-electron chi connectivity index (χ3n) is 3.35. The Morgan fingerprint density at radius 2 is 1.83 bits per heavy atom. The Hall–Kier alpha value is -2.68. The average molecular weight is 318 g/mol.